The van der Waals surface area contributed by atoms with Crippen LogP contribution in [0.2, 0.25) is 5.15 Å². The number of hydrogen-bond acceptors (Lipinski definition) is 4. The van der Waals surface area contributed by atoms with E-state index >= 15 is 0 Å². The first-order valence-corrected chi connectivity index (χ1v) is 6.79. The van der Waals surface area contributed by atoms with Crippen LogP contribution in [0.15, 0.2) is 24.3 Å². The van der Waals surface area contributed by atoms with Crippen molar-refractivity contribution in [2.24, 2.45) is 5.92 Å². The Hall–Kier alpha value is -1.39. The largest absolute Gasteiger partial charge is 0.379 e. The average molecular weight is 280 g/mol. The molecule has 0 aliphatic heterocycles. The lowest BCUT2D eigenvalue weighted by atomic mass is 10.2. The van der Waals surface area contributed by atoms with Gasteiger partial charge in [0, 0.05) is 23.9 Å². The zero-order valence-electron chi connectivity index (χ0n) is 11.2. The molecule has 0 aliphatic rings. The van der Waals surface area contributed by atoms with Gasteiger partial charge in [0.05, 0.1) is 6.61 Å². The van der Waals surface area contributed by atoms with Gasteiger partial charge in [0.2, 0.25) is 0 Å². The van der Waals surface area contributed by atoms with Crippen molar-refractivity contribution >= 4 is 28.2 Å². The fourth-order valence-corrected chi connectivity index (χ4v) is 1.96. The Morgan fingerprint density at radius 2 is 1.95 bits per heavy atom. The zero-order chi connectivity index (χ0) is 13.7. The van der Waals surface area contributed by atoms with Crippen LogP contribution in [0.5, 0.6) is 0 Å². The third kappa shape index (κ3) is 3.78. The van der Waals surface area contributed by atoms with Gasteiger partial charge in [-0.15, -0.1) is 10.2 Å². The Morgan fingerprint density at radius 3 is 2.68 bits per heavy atom. The van der Waals surface area contributed by atoms with Crippen molar-refractivity contribution in [1.82, 2.24) is 10.2 Å². The van der Waals surface area contributed by atoms with Gasteiger partial charge in [-0.05, 0) is 5.92 Å². The van der Waals surface area contributed by atoms with E-state index in [0.717, 1.165) is 23.2 Å². The lowest BCUT2D eigenvalue weighted by molar-refractivity contribution is 0.118. The third-order valence-corrected chi connectivity index (χ3v) is 2.91. The Morgan fingerprint density at radius 1 is 1.21 bits per heavy atom. The number of hydrogen-bond donors (Lipinski definition) is 1. The molecular formula is C14H18ClN3O. The Balaban J connectivity index is 1.99. The minimum Gasteiger partial charge on any atom is -0.379 e. The molecule has 0 fully saturated rings. The number of anilines is 1. The molecular weight excluding hydrogens is 262 g/mol. The van der Waals surface area contributed by atoms with Gasteiger partial charge in [0.25, 0.3) is 0 Å². The molecule has 2 rings (SSSR count). The maximum Gasteiger partial charge on any atom is 0.159 e. The van der Waals surface area contributed by atoms with Crippen LogP contribution in [0.25, 0.3) is 10.8 Å². The van der Waals surface area contributed by atoms with Gasteiger partial charge in [-0.2, -0.15) is 0 Å². The molecule has 0 amide bonds. The number of benzene rings is 1. The minimum atomic E-state index is 0.428. The van der Waals surface area contributed by atoms with Crippen LogP contribution >= 0.6 is 11.6 Å². The molecule has 1 aromatic carbocycles. The summed E-state index contributed by atoms with van der Waals surface area (Å²) in [6.07, 6.45) is 0. The van der Waals surface area contributed by atoms with Crippen LogP contribution in [0.3, 0.4) is 0 Å². The number of rotatable bonds is 6. The lowest BCUT2D eigenvalue weighted by Gasteiger charge is -2.10. The molecule has 1 heterocycles. The van der Waals surface area contributed by atoms with Gasteiger partial charge < -0.3 is 10.1 Å². The predicted octanol–water partition coefficient (Wildman–Crippen LogP) is 3.37. The van der Waals surface area contributed by atoms with Crippen LogP contribution in [0.1, 0.15) is 13.8 Å². The number of halogens is 1. The van der Waals surface area contributed by atoms with Gasteiger partial charge in [-0.25, -0.2) is 0 Å². The summed E-state index contributed by atoms with van der Waals surface area (Å²) in [6.45, 7) is 6.38. The van der Waals surface area contributed by atoms with Gasteiger partial charge in [0.15, 0.2) is 11.0 Å². The van der Waals surface area contributed by atoms with Gasteiger partial charge in [0.1, 0.15) is 0 Å². The molecule has 19 heavy (non-hydrogen) atoms. The molecule has 0 spiro atoms. The molecule has 2 aromatic rings. The van der Waals surface area contributed by atoms with Crippen LogP contribution < -0.4 is 5.32 Å². The molecule has 0 saturated heterocycles. The molecule has 0 aliphatic carbocycles. The molecule has 0 saturated carbocycles. The molecule has 102 valence electrons. The predicted molar refractivity (Wildman–Crippen MR) is 78.7 cm³/mol. The fraction of sp³-hybridized carbons (Fsp3) is 0.429. The number of ether oxygens (including phenoxy) is 1. The van der Waals surface area contributed by atoms with Gasteiger partial charge in [-0.1, -0.05) is 49.7 Å². The van der Waals surface area contributed by atoms with E-state index in [2.05, 4.69) is 29.4 Å². The second-order valence-electron chi connectivity index (χ2n) is 4.78. The smallest absolute Gasteiger partial charge is 0.159 e. The van der Waals surface area contributed by atoms with E-state index in [1.54, 1.807) is 0 Å². The van der Waals surface area contributed by atoms with Gasteiger partial charge >= 0.3 is 0 Å². The van der Waals surface area contributed by atoms with Crippen molar-refractivity contribution in [3.63, 3.8) is 0 Å². The maximum atomic E-state index is 6.02. The summed E-state index contributed by atoms with van der Waals surface area (Å²) < 4.78 is 5.52. The SMILES string of the molecule is CC(C)COCCNc1nnc(Cl)c2ccccc12. The summed E-state index contributed by atoms with van der Waals surface area (Å²) in [5.74, 6) is 1.30. The summed E-state index contributed by atoms with van der Waals surface area (Å²) >= 11 is 6.02. The normalized spacial score (nSPS) is 11.2. The molecule has 1 N–H and O–H groups in total. The minimum absolute atomic E-state index is 0.428. The molecule has 5 heteroatoms. The highest BCUT2D eigenvalue weighted by atomic mass is 35.5. The van der Waals surface area contributed by atoms with Crippen molar-refractivity contribution in [3.8, 4) is 0 Å². The number of nitrogens with zero attached hydrogens (tertiary/aromatic N) is 2. The van der Waals surface area contributed by atoms with Crippen LogP contribution in [0, 0.1) is 5.92 Å². The first-order chi connectivity index (χ1) is 9.18. The standard InChI is InChI=1S/C14H18ClN3O/c1-10(2)9-19-8-7-16-14-12-6-4-3-5-11(12)13(15)17-18-14/h3-6,10H,7-9H2,1-2H3,(H,16,18). The Labute approximate surface area is 118 Å². The summed E-state index contributed by atoms with van der Waals surface area (Å²) in [5.41, 5.74) is 0. The average Bonchev–Trinajstić information content (AvgIpc) is 2.41. The monoisotopic (exact) mass is 279 g/mol. The van der Waals surface area contributed by atoms with E-state index < -0.39 is 0 Å². The van der Waals surface area contributed by atoms with Gasteiger partial charge in [-0.3, -0.25) is 0 Å². The van der Waals surface area contributed by atoms with E-state index in [1.165, 1.54) is 0 Å². The van der Waals surface area contributed by atoms with Crippen molar-refractivity contribution in [2.75, 3.05) is 25.1 Å². The summed E-state index contributed by atoms with van der Waals surface area (Å²) in [4.78, 5) is 0. The van der Waals surface area contributed by atoms with E-state index in [4.69, 9.17) is 16.3 Å². The summed E-state index contributed by atoms with van der Waals surface area (Å²) in [6, 6.07) is 7.81. The number of fused-ring (bicyclic) bond motifs is 1. The van der Waals surface area contributed by atoms with E-state index in [1.807, 2.05) is 24.3 Å². The molecule has 4 nitrogen and oxygen atoms in total. The van der Waals surface area contributed by atoms with Crippen LogP contribution in [0.4, 0.5) is 5.82 Å². The van der Waals surface area contributed by atoms with Crippen molar-refractivity contribution in [1.29, 1.82) is 0 Å². The topological polar surface area (TPSA) is 47.0 Å². The van der Waals surface area contributed by atoms with Crippen LogP contribution in [-0.2, 0) is 4.74 Å². The lowest BCUT2D eigenvalue weighted by Crippen LogP contribution is -2.13. The van der Waals surface area contributed by atoms with Crippen molar-refractivity contribution in [2.45, 2.75) is 13.8 Å². The fourth-order valence-electron chi connectivity index (χ4n) is 1.76. The molecule has 1 aromatic heterocycles. The second kappa shape index (κ2) is 6.68. The van der Waals surface area contributed by atoms with Crippen molar-refractivity contribution in [3.05, 3.63) is 29.4 Å². The van der Waals surface area contributed by atoms with Crippen LogP contribution in [-0.4, -0.2) is 30.0 Å². The highest BCUT2D eigenvalue weighted by Gasteiger charge is 2.06. The first kappa shape index (κ1) is 14.0. The maximum absolute atomic E-state index is 6.02. The zero-order valence-corrected chi connectivity index (χ0v) is 11.9. The number of nitrogens with one attached hydrogen (secondary N) is 1. The molecule has 0 bridgehead atoms. The van der Waals surface area contributed by atoms with E-state index in [-0.39, 0.29) is 0 Å². The Bertz CT molecular complexity index is 545. The summed E-state index contributed by atoms with van der Waals surface area (Å²) in [7, 11) is 0. The summed E-state index contributed by atoms with van der Waals surface area (Å²) in [5, 5.41) is 13.6. The second-order valence-corrected chi connectivity index (χ2v) is 5.14. The van der Waals surface area contributed by atoms with Crippen molar-refractivity contribution < 1.29 is 4.74 Å². The highest BCUT2D eigenvalue weighted by Crippen LogP contribution is 2.25. The first-order valence-electron chi connectivity index (χ1n) is 6.41. The van der Waals surface area contributed by atoms with E-state index in [9.17, 15) is 0 Å². The quantitative estimate of drug-likeness (QED) is 0.824. The highest BCUT2D eigenvalue weighted by molar-refractivity contribution is 6.34. The van der Waals surface area contributed by atoms with E-state index in [0.29, 0.717) is 24.2 Å². The number of aromatic nitrogens is 2. The molecule has 0 unspecified atom stereocenters. The molecule has 0 atom stereocenters. The third-order valence-electron chi connectivity index (χ3n) is 2.63. The molecule has 0 radical (unpaired) electrons. The Kier molecular flexibility index (Phi) is 4.93.